The molecule has 0 amide bonds. The molecule has 2 atom stereocenters. The van der Waals surface area contributed by atoms with Crippen LogP contribution in [0.1, 0.15) is 31.4 Å². The number of pyridine rings is 2. The fraction of sp³-hybridized carbons (Fsp3) is 0.250. The number of aromatic amines is 1. The molecule has 1 fully saturated rings. The molecule has 0 aliphatic carbocycles. The molecule has 4 heterocycles. The Morgan fingerprint density at radius 3 is 2.66 bits per heavy atom. The van der Waals surface area contributed by atoms with E-state index in [-0.39, 0.29) is 11.6 Å². The number of H-pyrrole nitrogens is 1. The second kappa shape index (κ2) is 9.29. The average molecular weight is 515 g/mol. The van der Waals surface area contributed by atoms with Crippen LogP contribution in [-0.2, 0) is 0 Å². The van der Waals surface area contributed by atoms with Crippen molar-refractivity contribution >= 4 is 39.9 Å². The molecule has 178 valence electrons. The third-order valence-electron chi connectivity index (χ3n) is 5.99. The Morgan fingerprint density at radius 2 is 1.94 bits per heavy atom. The molecule has 35 heavy (non-hydrogen) atoms. The lowest BCUT2D eigenvalue weighted by atomic mass is 10.1. The van der Waals surface area contributed by atoms with E-state index in [0.29, 0.717) is 50.7 Å². The van der Waals surface area contributed by atoms with Gasteiger partial charge in [-0.15, -0.1) is 0 Å². The maximum absolute atomic E-state index is 15.0. The van der Waals surface area contributed by atoms with Crippen LogP contribution >= 0.6 is 23.2 Å². The minimum absolute atomic E-state index is 0.0458. The molecule has 0 bridgehead atoms. The molecule has 5 rings (SSSR count). The summed E-state index contributed by atoms with van der Waals surface area (Å²) in [6, 6.07) is 5.84. The molecule has 1 aromatic carbocycles. The normalized spacial score (nSPS) is 16.5. The summed E-state index contributed by atoms with van der Waals surface area (Å²) in [4.78, 5) is 9.86. The van der Waals surface area contributed by atoms with Gasteiger partial charge in [-0.3, -0.25) is 10.1 Å². The molecule has 1 aliphatic rings. The zero-order valence-corrected chi connectivity index (χ0v) is 19.9. The molecular formula is C24H18Cl2F2N6O. The first-order valence-electron chi connectivity index (χ1n) is 10.8. The fourth-order valence-corrected chi connectivity index (χ4v) is 4.99. The van der Waals surface area contributed by atoms with Crippen LogP contribution in [0.15, 0.2) is 36.8 Å². The van der Waals surface area contributed by atoms with Crippen LogP contribution in [0.4, 0.5) is 14.6 Å². The smallest absolute Gasteiger partial charge is 0.167 e. The highest BCUT2D eigenvalue weighted by molar-refractivity contribution is 6.35. The molecule has 3 aromatic heterocycles. The quantitative estimate of drug-likeness (QED) is 0.339. The number of hydrogen-bond acceptors (Lipinski definition) is 6. The number of anilines is 1. The molecule has 0 spiro atoms. The van der Waals surface area contributed by atoms with E-state index in [1.165, 1.54) is 36.8 Å². The van der Waals surface area contributed by atoms with E-state index in [1.54, 1.807) is 11.8 Å². The summed E-state index contributed by atoms with van der Waals surface area (Å²) in [7, 11) is 0. The van der Waals surface area contributed by atoms with Crippen molar-refractivity contribution < 1.29 is 13.5 Å². The van der Waals surface area contributed by atoms with E-state index in [9.17, 15) is 9.65 Å². The van der Waals surface area contributed by atoms with E-state index in [1.807, 2.05) is 0 Å². The van der Waals surface area contributed by atoms with Gasteiger partial charge >= 0.3 is 0 Å². The van der Waals surface area contributed by atoms with Gasteiger partial charge in [0.1, 0.15) is 17.8 Å². The maximum Gasteiger partial charge on any atom is 0.167 e. The van der Waals surface area contributed by atoms with Gasteiger partial charge in [0, 0.05) is 47.7 Å². The van der Waals surface area contributed by atoms with Gasteiger partial charge in [-0.1, -0.05) is 23.2 Å². The van der Waals surface area contributed by atoms with E-state index < -0.39 is 23.8 Å². The molecule has 0 saturated carbocycles. The Bertz CT molecular complexity index is 1450. The second-order valence-electron chi connectivity index (χ2n) is 8.19. The third kappa shape index (κ3) is 4.24. The van der Waals surface area contributed by atoms with Gasteiger partial charge in [0.05, 0.1) is 21.6 Å². The highest BCUT2D eigenvalue weighted by Gasteiger charge is 2.28. The monoisotopic (exact) mass is 514 g/mol. The Hall–Kier alpha value is -3.48. The van der Waals surface area contributed by atoms with Crippen molar-refractivity contribution in [3.63, 3.8) is 0 Å². The number of benzene rings is 1. The van der Waals surface area contributed by atoms with Gasteiger partial charge in [0.15, 0.2) is 23.2 Å². The van der Waals surface area contributed by atoms with Crippen LogP contribution in [0.3, 0.4) is 0 Å². The van der Waals surface area contributed by atoms with Gasteiger partial charge in [0.2, 0.25) is 0 Å². The zero-order chi connectivity index (χ0) is 24.7. The van der Waals surface area contributed by atoms with Crippen molar-refractivity contribution in [3.05, 3.63) is 64.0 Å². The van der Waals surface area contributed by atoms with Gasteiger partial charge in [-0.05, 0) is 31.9 Å². The average Bonchev–Trinajstić information content (AvgIpc) is 3.46. The number of ether oxygens (including phenoxy) is 1. The van der Waals surface area contributed by atoms with E-state index in [0.717, 1.165) is 6.42 Å². The Balaban J connectivity index is 1.49. The summed E-state index contributed by atoms with van der Waals surface area (Å²) >= 11 is 12.4. The number of nitrogens with one attached hydrogen (secondary N) is 1. The number of rotatable bonds is 5. The number of hydrogen-bond donors (Lipinski definition) is 1. The first kappa shape index (κ1) is 23.3. The third-order valence-corrected chi connectivity index (χ3v) is 6.59. The largest absolute Gasteiger partial charge is 0.483 e. The highest BCUT2D eigenvalue weighted by Crippen LogP contribution is 2.37. The standard InChI is InChI=1S/C24H18Cl2F2N6O/c1-12(22-16(25)10-30-11-17(22)26)35-21-6-15-20(7-18(21)27)32-33-23(15)13-5-19(28)24(31-9-13)34-4-2-3-14(34)8-29/h5-7,9-12,14H,2-4H2,1H3,(H,32,33)/t12?,14-/m0/s1. The molecule has 1 saturated heterocycles. The first-order chi connectivity index (χ1) is 16.9. The fourth-order valence-electron chi connectivity index (χ4n) is 4.31. The minimum atomic E-state index is -0.674. The van der Waals surface area contributed by atoms with Crippen LogP contribution in [0.25, 0.3) is 22.2 Å². The first-order valence-corrected chi connectivity index (χ1v) is 11.6. The van der Waals surface area contributed by atoms with Crippen molar-refractivity contribution in [3.8, 4) is 23.1 Å². The summed E-state index contributed by atoms with van der Waals surface area (Å²) < 4.78 is 35.7. The van der Waals surface area contributed by atoms with Crippen molar-refractivity contribution in [1.29, 1.82) is 5.26 Å². The number of fused-ring (bicyclic) bond motifs is 1. The van der Waals surface area contributed by atoms with E-state index in [2.05, 4.69) is 26.2 Å². The van der Waals surface area contributed by atoms with Gasteiger partial charge in [-0.25, -0.2) is 13.8 Å². The Morgan fingerprint density at radius 1 is 1.17 bits per heavy atom. The van der Waals surface area contributed by atoms with E-state index in [4.69, 9.17) is 27.9 Å². The number of aromatic nitrogens is 4. The summed E-state index contributed by atoms with van der Waals surface area (Å²) in [5, 5.41) is 17.4. The van der Waals surface area contributed by atoms with Crippen LogP contribution < -0.4 is 9.64 Å². The van der Waals surface area contributed by atoms with E-state index >= 15 is 4.39 Å². The molecular weight excluding hydrogens is 497 g/mol. The van der Waals surface area contributed by atoms with Crippen LogP contribution in [0, 0.1) is 23.0 Å². The lowest BCUT2D eigenvalue weighted by Crippen LogP contribution is -2.29. The SMILES string of the molecule is CC(Oc1cc2c(-c3cnc(N4CCC[C@H]4C#N)c(F)c3)n[nH]c2cc1F)c1c(Cl)cncc1Cl. The van der Waals surface area contributed by atoms with Crippen molar-refractivity contribution in [2.24, 2.45) is 0 Å². The minimum Gasteiger partial charge on any atom is -0.483 e. The van der Waals surface area contributed by atoms with Crippen LogP contribution in [0.2, 0.25) is 10.0 Å². The second-order valence-corrected chi connectivity index (χ2v) is 9.00. The molecule has 7 nitrogen and oxygen atoms in total. The maximum atomic E-state index is 15.0. The topological polar surface area (TPSA) is 90.7 Å². The Labute approximate surface area is 209 Å². The van der Waals surface area contributed by atoms with Crippen LogP contribution in [0.5, 0.6) is 5.75 Å². The lowest BCUT2D eigenvalue weighted by Gasteiger charge is -2.21. The van der Waals surface area contributed by atoms with Crippen molar-refractivity contribution in [2.45, 2.75) is 31.9 Å². The summed E-state index contributed by atoms with van der Waals surface area (Å²) in [5.41, 5.74) is 1.67. The molecule has 0 radical (unpaired) electrons. The summed E-state index contributed by atoms with van der Waals surface area (Å²) in [6.45, 7) is 2.26. The zero-order valence-electron chi connectivity index (χ0n) is 18.4. The summed E-state index contributed by atoms with van der Waals surface area (Å²) in [6.07, 6.45) is 5.15. The van der Waals surface area contributed by atoms with Crippen LogP contribution in [-0.4, -0.2) is 32.8 Å². The predicted octanol–water partition coefficient (Wildman–Crippen LogP) is 6.24. The number of nitriles is 1. The lowest BCUT2D eigenvalue weighted by molar-refractivity contribution is 0.217. The molecule has 1 unspecified atom stereocenters. The molecule has 1 N–H and O–H groups in total. The van der Waals surface area contributed by atoms with Gasteiger partial charge in [-0.2, -0.15) is 10.4 Å². The molecule has 11 heteroatoms. The highest BCUT2D eigenvalue weighted by atomic mass is 35.5. The Kier molecular flexibility index (Phi) is 6.17. The van der Waals surface area contributed by atoms with Crippen molar-refractivity contribution in [2.75, 3.05) is 11.4 Å². The molecule has 1 aliphatic heterocycles. The molecule has 4 aromatic rings. The van der Waals surface area contributed by atoms with Gasteiger partial charge < -0.3 is 9.64 Å². The number of nitrogens with zero attached hydrogens (tertiary/aromatic N) is 5. The van der Waals surface area contributed by atoms with Crippen molar-refractivity contribution in [1.82, 2.24) is 20.2 Å². The number of halogens is 4. The summed E-state index contributed by atoms with van der Waals surface area (Å²) in [5.74, 6) is -1.09. The van der Waals surface area contributed by atoms with Gasteiger partial charge in [0.25, 0.3) is 0 Å². The predicted molar refractivity (Wildman–Crippen MR) is 129 cm³/mol.